The van der Waals surface area contributed by atoms with Gasteiger partial charge in [-0.15, -0.1) is 0 Å². The largest absolute Gasteiger partial charge is 0.329 e. The number of hydrogen-bond donors (Lipinski definition) is 1. The molecule has 1 saturated heterocycles. The number of para-hydroxylation sites is 1. The van der Waals surface area contributed by atoms with Gasteiger partial charge >= 0.3 is 0 Å². The monoisotopic (exact) mass is 249 g/mol. The molecule has 0 aliphatic carbocycles. The molecule has 1 fully saturated rings. The summed E-state index contributed by atoms with van der Waals surface area (Å²) in [6.07, 6.45) is 4.47. The summed E-state index contributed by atoms with van der Waals surface area (Å²) in [6, 6.07) is 5.89. The van der Waals surface area contributed by atoms with Crippen LogP contribution in [0.25, 0.3) is 11.0 Å². The highest BCUT2D eigenvalue weighted by Crippen LogP contribution is 2.24. The van der Waals surface area contributed by atoms with Crippen molar-refractivity contribution in [1.82, 2.24) is 14.9 Å². The minimum Gasteiger partial charge on any atom is -0.329 e. The van der Waals surface area contributed by atoms with Gasteiger partial charge in [-0.05, 0) is 44.0 Å². The number of fused-ring (bicyclic) bond motifs is 1. The number of nitrogens with one attached hydrogen (secondary N) is 1. The van der Waals surface area contributed by atoms with Crippen LogP contribution in [0.3, 0.4) is 0 Å². The fraction of sp³-hybridized carbons (Fsp3) is 0.462. The maximum absolute atomic E-state index is 6.24. The van der Waals surface area contributed by atoms with E-state index >= 15 is 0 Å². The SMILES string of the molecule is Clc1cccc2ncn(CC3CCCNC3)c12. The molecule has 1 aliphatic heterocycles. The summed E-state index contributed by atoms with van der Waals surface area (Å²) < 4.78 is 2.19. The highest BCUT2D eigenvalue weighted by atomic mass is 35.5. The van der Waals surface area contributed by atoms with Gasteiger partial charge in [-0.2, -0.15) is 0 Å². The standard InChI is InChI=1S/C13H16ClN3/c14-11-4-1-5-12-13(11)17(9-16-12)8-10-3-2-6-15-7-10/h1,4-5,9-10,15H,2-3,6-8H2. The Morgan fingerprint density at radius 2 is 2.41 bits per heavy atom. The first kappa shape index (κ1) is 11.1. The number of halogens is 1. The maximum Gasteiger partial charge on any atom is 0.0958 e. The van der Waals surface area contributed by atoms with Crippen LogP contribution in [-0.4, -0.2) is 22.6 Å². The molecule has 4 heteroatoms. The van der Waals surface area contributed by atoms with Crippen LogP contribution in [0.5, 0.6) is 0 Å². The quantitative estimate of drug-likeness (QED) is 0.887. The first-order valence-corrected chi connectivity index (χ1v) is 6.52. The molecule has 3 nitrogen and oxygen atoms in total. The van der Waals surface area contributed by atoms with E-state index in [-0.39, 0.29) is 0 Å². The van der Waals surface area contributed by atoms with Crippen LogP contribution in [0.2, 0.25) is 5.02 Å². The van der Waals surface area contributed by atoms with Gasteiger partial charge in [0.05, 0.1) is 22.4 Å². The molecule has 2 aromatic rings. The third-order valence-electron chi connectivity index (χ3n) is 3.44. The van der Waals surface area contributed by atoms with Crippen molar-refractivity contribution in [1.29, 1.82) is 0 Å². The topological polar surface area (TPSA) is 29.9 Å². The van der Waals surface area contributed by atoms with Crippen molar-refractivity contribution >= 4 is 22.6 Å². The molecule has 3 rings (SSSR count). The van der Waals surface area contributed by atoms with Crippen LogP contribution in [0.4, 0.5) is 0 Å². The molecule has 0 radical (unpaired) electrons. The van der Waals surface area contributed by atoms with Crippen molar-refractivity contribution < 1.29 is 0 Å². The fourth-order valence-corrected chi connectivity index (χ4v) is 2.86. The Balaban J connectivity index is 1.89. The van der Waals surface area contributed by atoms with Crippen molar-refractivity contribution in [3.05, 3.63) is 29.5 Å². The lowest BCUT2D eigenvalue weighted by molar-refractivity contribution is 0.340. The zero-order chi connectivity index (χ0) is 11.7. The van der Waals surface area contributed by atoms with Crippen molar-refractivity contribution in [3.8, 4) is 0 Å². The van der Waals surface area contributed by atoms with Gasteiger partial charge in [-0.1, -0.05) is 17.7 Å². The molecule has 90 valence electrons. The van der Waals surface area contributed by atoms with Crippen molar-refractivity contribution in [2.24, 2.45) is 5.92 Å². The summed E-state index contributed by atoms with van der Waals surface area (Å²) >= 11 is 6.24. The van der Waals surface area contributed by atoms with E-state index in [0.29, 0.717) is 5.92 Å². The van der Waals surface area contributed by atoms with E-state index in [9.17, 15) is 0 Å². The van der Waals surface area contributed by atoms with Crippen molar-refractivity contribution in [2.45, 2.75) is 19.4 Å². The predicted octanol–water partition coefficient (Wildman–Crippen LogP) is 2.69. The van der Waals surface area contributed by atoms with Gasteiger partial charge in [0, 0.05) is 6.54 Å². The predicted molar refractivity (Wildman–Crippen MR) is 70.3 cm³/mol. The number of aromatic nitrogens is 2. The molecule has 1 N–H and O–H groups in total. The van der Waals surface area contributed by atoms with Crippen molar-refractivity contribution in [2.75, 3.05) is 13.1 Å². The van der Waals surface area contributed by atoms with E-state index in [1.165, 1.54) is 12.8 Å². The van der Waals surface area contributed by atoms with E-state index in [2.05, 4.69) is 14.9 Å². The molecule has 1 aliphatic rings. The average Bonchev–Trinajstić information content (AvgIpc) is 2.75. The maximum atomic E-state index is 6.24. The second-order valence-corrected chi connectivity index (χ2v) is 5.12. The lowest BCUT2D eigenvalue weighted by Crippen LogP contribution is -2.32. The fourth-order valence-electron chi connectivity index (χ4n) is 2.58. The molecule has 0 spiro atoms. The number of hydrogen-bond acceptors (Lipinski definition) is 2. The van der Waals surface area contributed by atoms with Crippen LogP contribution < -0.4 is 5.32 Å². The highest BCUT2D eigenvalue weighted by Gasteiger charge is 2.15. The van der Waals surface area contributed by atoms with Gasteiger partial charge in [0.2, 0.25) is 0 Å². The smallest absolute Gasteiger partial charge is 0.0958 e. The Morgan fingerprint density at radius 3 is 3.24 bits per heavy atom. The summed E-state index contributed by atoms with van der Waals surface area (Å²) in [7, 11) is 0. The second kappa shape index (κ2) is 4.67. The van der Waals surface area contributed by atoms with Gasteiger partial charge in [-0.25, -0.2) is 4.98 Å². The summed E-state index contributed by atoms with van der Waals surface area (Å²) in [4.78, 5) is 4.40. The molecule has 0 amide bonds. The summed E-state index contributed by atoms with van der Waals surface area (Å²) in [5.74, 6) is 0.692. The Labute approximate surface area is 106 Å². The molecule has 1 atom stereocenters. The van der Waals surface area contributed by atoms with E-state index in [0.717, 1.165) is 35.7 Å². The third kappa shape index (κ3) is 2.17. The number of benzene rings is 1. The summed E-state index contributed by atoms with van der Waals surface area (Å²) in [6.45, 7) is 3.26. The molecule has 17 heavy (non-hydrogen) atoms. The molecular weight excluding hydrogens is 234 g/mol. The normalized spacial score (nSPS) is 20.9. The second-order valence-electron chi connectivity index (χ2n) is 4.72. The lowest BCUT2D eigenvalue weighted by atomic mass is 10.00. The highest BCUT2D eigenvalue weighted by molar-refractivity contribution is 6.34. The summed E-state index contributed by atoms with van der Waals surface area (Å²) in [5.41, 5.74) is 2.06. The molecule has 0 saturated carbocycles. The van der Waals surface area contributed by atoms with Crippen LogP contribution >= 0.6 is 11.6 Å². The van der Waals surface area contributed by atoms with Gasteiger partial charge in [0.1, 0.15) is 0 Å². The lowest BCUT2D eigenvalue weighted by Gasteiger charge is -2.23. The minimum atomic E-state index is 0.692. The first-order valence-electron chi connectivity index (χ1n) is 6.14. The van der Waals surface area contributed by atoms with Crippen LogP contribution in [0.15, 0.2) is 24.5 Å². The molecule has 0 bridgehead atoms. The number of piperidine rings is 1. The Hall–Kier alpha value is -1.06. The number of rotatable bonds is 2. The van der Waals surface area contributed by atoms with Gasteiger partial charge in [0.15, 0.2) is 0 Å². The van der Waals surface area contributed by atoms with Gasteiger partial charge < -0.3 is 9.88 Å². The minimum absolute atomic E-state index is 0.692. The third-order valence-corrected chi connectivity index (χ3v) is 3.75. The molecule has 1 unspecified atom stereocenters. The Morgan fingerprint density at radius 1 is 1.47 bits per heavy atom. The number of imidazole rings is 1. The van der Waals surface area contributed by atoms with E-state index in [4.69, 9.17) is 11.6 Å². The van der Waals surface area contributed by atoms with Gasteiger partial charge in [-0.3, -0.25) is 0 Å². The van der Waals surface area contributed by atoms with E-state index < -0.39 is 0 Å². The molecule has 1 aromatic heterocycles. The first-order chi connectivity index (χ1) is 8.34. The van der Waals surface area contributed by atoms with Crippen LogP contribution in [-0.2, 0) is 6.54 Å². The zero-order valence-electron chi connectivity index (χ0n) is 9.69. The zero-order valence-corrected chi connectivity index (χ0v) is 10.5. The number of nitrogens with zero attached hydrogens (tertiary/aromatic N) is 2. The summed E-state index contributed by atoms with van der Waals surface area (Å²) in [5, 5.41) is 4.24. The van der Waals surface area contributed by atoms with E-state index in [1.807, 2.05) is 24.5 Å². The van der Waals surface area contributed by atoms with E-state index in [1.54, 1.807) is 0 Å². The molecule has 1 aromatic carbocycles. The molecule has 2 heterocycles. The average molecular weight is 250 g/mol. The van der Waals surface area contributed by atoms with Crippen molar-refractivity contribution in [3.63, 3.8) is 0 Å². The van der Waals surface area contributed by atoms with Crippen LogP contribution in [0.1, 0.15) is 12.8 Å². The Bertz CT molecular complexity index is 514. The van der Waals surface area contributed by atoms with Crippen LogP contribution in [0, 0.1) is 5.92 Å². The Kier molecular flexibility index (Phi) is 3.04. The van der Waals surface area contributed by atoms with Gasteiger partial charge in [0.25, 0.3) is 0 Å². The molecular formula is C13H16ClN3.